The third kappa shape index (κ3) is 5.32. The number of carbonyl (C=O) groups is 1. The van der Waals surface area contributed by atoms with E-state index in [2.05, 4.69) is 26.9 Å². The summed E-state index contributed by atoms with van der Waals surface area (Å²) in [6.07, 6.45) is 8.14. The van der Waals surface area contributed by atoms with Crippen LogP contribution in [0.5, 0.6) is 5.75 Å². The molecule has 0 aliphatic heterocycles. The van der Waals surface area contributed by atoms with Crippen molar-refractivity contribution < 1.29 is 9.53 Å². The fraction of sp³-hybridized carbons (Fsp3) is 0.474. The van der Waals surface area contributed by atoms with Crippen LogP contribution in [-0.2, 0) is 4.79 Å². The number of nitrogens with one attached hydrogen (secondary N) is 1. The van der Waals surface area contributed by atoms with Crippen LogP contribution in [0.3, 0.4) is 0 Å². The smallest absolute Gasteiger partial charge is 0.233 e. The van der Waals surface area contributed by atoms with Gasteiger partial charge in [-0.05, 0) is 73.7 Å². The van der Waals surface area contributed by atoms with Gasteiger partial charge in [-0.25, -0.2) is 0 Å². The zero-order chi connectivity index (χ0) is 19.1. The van der Waals surface area contributed by atoms with Crippen molar-refractivity contribution in [3.05, 3.63) is 35.9 Å². The number of aromatic nitrogens is 4. The van der Waals surface area contributed by atoms with Gasteiger partial charge in [0.1, 0.15) is 5.75 Å². The molecule has 144 valence electrons. The summed E-state index contributed by atoms with van der Waals surface area (Å²) in [6.45, 7) is 2.55. The third-order valence-corrected chi connectivity index (χ3v) is 5.57. The van der Waals surface area contributed by atoms with Gasteiger partial charge in [-0.1, -0.05) is 23.4 Å². The maximum atomic E-state index is 12.4. The highest BCUT2D eigenvalue weighted by atomic mass is 32.2. The fourth-order valence-electron chi connectivity index (χ4n) is 2.97. The minimum Gasteiger partial charge on any atom is -0.497 e. The predicted molar refractivity (Wildman–Crippen MR) is 105 cm³/mol. The highest BCUT2D eigenvalue weighted by Crippen LogP contribution is 2.24. The lowest BCUT2D eigenvalue weighted by atomic mass is 9.97. The molecule has 0 fully saturated rings. The number of thioether (sulfide) groups is 1. The van der Waals surface area contributed by atoms with Crippen molar-refractivity contribution in [3.8, 4) is 11.4 Å². The standard InChI is InChI=1S/C19H25N5O2S/c1-14(18(25)20-13-12-15-6-4-3-5-7-15)27-19-21-22-23-24(19)16-8-10-17(26-2)11-9-16/h6,8-11,14H,3-5,7,12-13H2,1-2H3,(H,20,25)/t14-/m1/s1. The van der Waals surface area contributed by atoms with Gasteiger partial charge < -0.3 is 10.1 Å². The molecule has 1 heterocycles. The molecule has 27 heavy (non-hydrogen) atoms. The molecule has 1 aliphatic rings. The predicted octanol–water partition coefficient (Wildman–Crippen LogP) is 3.16. The average molecular weight is 388 g/mol. The van der Waals surface area contributed by atoms with Crippen LogP contribution in [-0.4, -0.2) is 45.0 Å². The van der Waals surface area contributed by atoms with E-state index in [1.54, 1.807) is 11.8 Å². The number of carbonyl (C=O) groups excluding carboxylic acids is 1. The van der Waals surface area contributed by atoms with Crippen LogP contribution in [0.25, 0.3) is 5.69 Å². The van der Waals surface area contributed by atoms with Crippen molar-refractivity contribution in [1.82, 2.24) is 25.5 Å². The first-order valence-electron chi connectivity index (χ1n) is 9.22. The van der Waals surface area contributed by atoms with Crippen molar-refractivity contribution in [2.45, 2.75) is 49.4 Å². The average Bonchev–Trinajstić information content (AvgIpc) is 3.16. The van der Waals surface area contributed by atoms with Gasteiger partial charge in [-0.2, -0.15) is 4.68 Å². The first-order chi connectivity index (χ1) is 13.2. The molecule has 8 heteroatoms. The van der Waals surface area contributed by atoms with Crippen molar-refractivity contribution in [3.63, 3.8) is 0 Å². The summed E-state index contributed by atoms with van der Waals surface area (Å²) in [7, 11) is 1.62. The normalized spacial score (nSPS) is 15.1. The minimum atomic E-state index is -0.284. The molecular formula is C19H25N5O2S. The van der Waals surface area contributed by atoms with Crippen LogP contribution < -0.4 is 10.1 Å². The summed E-state index contributed by atoms with van der Waals surface area (Å²) in [6, 6.07) is 7.45. The fourth-order valence-corrected chi connectivity index (χ4v) is 3.80. The molecule has 0 bridgehead atoms. The number of hydrogen-bond acceptors (Lipinski definition) is 6. The number of tetrazole rings is 1. The summed E-state index contributed by atoms with van der Waals surface area (Å²) in [5.74, 6) is 0.766. The molecule has 2 aromatic rings. The van der Waals surface area contributed by atoms with Gasteiger partial charge in [0.25, 0.3) is 0 Å². The third-order valence-electron chi connectivity index (χ3n) is 4.54. The summed E-state index contributed by atoms with van der Waals surface area (Å²) >= 11 is 1.34. The van der Waals surface area contributed by atoms with Crippen LogP contribution in [0.2, 0.25) is 0 Å². The molecule has 1 amide bonds. The minimum absolute atomic E-state index is 0.000639. The zero-order valence-electron chi connectivity index (χ0n) is 15.7. The molecule has 0 saturated carbocycles. The van der Waals surface area contributed by atoms with Crippen LogP contribution in [0.1, 0.15) is 39.0 Å². The van der Waals surface area contributed by atoms with E-state index in [1.165, 1.54) is 36.6 Å². The molecule has 1 N–H and O–H groups in total. The summed E-state index contributed by atoms with van der Waals surface area (Å²) in [5, 5.41) is 15.2. The quantitative estimate of drug-likeness (QED) is 0.553. The first kappa shape index (κ1) is 19.4. The maximum absolute atomic E-state index is 12.4. The van der Waals surface area contributed by atoms with Crippen LogP contribution in [0.15, 0.2) is 41.1 Å². The maximum Gasteiger partial charge on any atom is 0.233 e. The Balaban J connectivity index is 1.54. The van der Waals surface area contributed by atoms with Gasteiger partial charge in [0, 0.05) is 6.54 Å². The summed E-state index contributed by atoms with van der Waals surface area (Å²) in [5.41, 5.74) is 2.28. The van der Waals surface area contributed by atoms with Crippen LogP contribution >= 0.6 is 11.8 Å². The number of amides is 1. The number of rotatable bonds is 8. The van der Waals surface area contributed by atoms with Gasteiger partial charge in [0.15, 0.2) is 0 Å². The number of allylic oxidation sites excluding steroid dienone is 1. The number of hydrogen-bond donors (Lipinski definition) is 1. The summed E-state index contributed by atoms with van der Waals surface area (Å²) < 4.78 is 6.80. The van der Waals surface area contributed by atoms with E-state index in [0.717, 1.165) is 24.3 Å². The number of nitrogens with zero attached hydrogens (tertiary/aromatic N) is 4. The molecule has 7 nitrogen and oxygen atoms in total. The lowest BCUT2D eigenvalue weighted by molar-refractivity contribution is -0.120. The van der Waals surface area contributed by atoms with Gasteiger partial charge in [0.2, 0.25) is 11.1 Å². The van der Waals surface area contributed by atoms with E-state index >= 15 is 0 Å². The second-order valence-electron chi connectivity index (χ2n) is 6.48. The Morgan fingerprint density at radius 3 is 2.85 bits per heavy atom. The zero-order valence-corrected chi connectivity index (χ0v) is 16.5. The Bertz CT molecular complexity index is 788. The van der Waals surface area contributed by atoms with Crippen molar-refractivity contribution >= 4 is 17.7 Å². The topological polar surface area (TPSA) is 81.9 Å². The second-order valence-corrected chi connectivity index (χ2v) is 7.79. The number of ether oxygens (including phenoxy) is 1. The molecule has 3 rings (SSSR count). The number of benzene rings is 1. The van der Waals surface area contributed by atoms with E-state index in [4.69, 9.17) is 4.74 Å². The van der Waals surface area contributed by atoms with E-state index in [1.807, 2.05) is 31.2 Å². The largest absolute Gasteiger partial charge is 0.497 e. The van der Waals surface area contributed by atoms with Gasteiger partial charge in [0.05, 0.1) is 18.0 Å². The first-order valence-corrected chi connectivity index (χ1v) is 10.1. The molecule has 0 radical (unpaired) electrons. The Morgan fingerprint density at radius 2 is 2.15 bits per heavy atom. The molecule has 0 unspecified atom stereocenters. The Morgan fingerprint density at radius 1 is 1.33 bits per heavy atom. The van der Waals surface area contributed by atoms with Crippen molar-refractivity contribution in [2.24, 2.45) is 0 Å². The summed E-state index contributed by atoms with van der Waals surface area (Å²) in [4.78, 5) is 12.4. The van der Waals surface area contributed by atoms with E-state index < -0.39 is 0 Å². The SMILES string of the molecule is COc1ccc(-n2nnnc2S[C@H](C)C(=O)NCCC2=CCCCC2)cc1. The van der Waals surface area contributed by atoms with E-state index in [9.17, 15) is 4.79 Å². The van der Waals surface area contributed by atoms with Crippen LogP contribution in [0.4, 0.5) is 0 Å². The molecule has 0 saturated heterocycles. The Kier molecular flexibility index (Phi) is 6.86. The Labute approximate surface area is 163 Å². The highest BCUT2D eigenvalue weighted by Gasteiger charge is 2.19. The molecule has 1 aromatic carbocycles. The lowest BCUT2D eigenvalue weighted by Crippen LogP contribution is -2.32. The van der Waals surface area contributed by atoms with E-state index in [-0.39, 0.29) is 11.2 Å². The lowest BCUT2D eigenvalue weighted by Gasteiger charge is -2.14. The Hall–Kier alpha value is -2.35. The number of methoxy groups -OCH3 is 1. The monoisotopic (exact) mass is 387 g/mol. The van der Waals surface area contributed by atoms with Crippen molar-refractivity contribution in [1.29, 1.82) is 0 Å². The molecule has 1 aromatic heterocycles. The molecule has 0 spiro atoms. The highest BCUT2D eigenvalue weighted by molar-refractivity contribution is 8.00. The van der Waals surface area contributed by atoms with Gasteiger partial charge in [-0.15, -0.1) is 5.10 Å². The van der Waals surface area contributed by atoms with Gasteiger partial charge in [-0.3, -0.25) is 4.79 Å². The molecule has 1 atom stereocenters. The van der Waals surface area contributed by atoms with Crippen molar-refractivity contribution in [2.75, 3.05) is 13.7 Å². The second kappa shape index (κ2) is 9.55. The van der Waals surface area contributed by atoms with E-state index in [0.29, 0.717) is 11.7 Å². The van der Waals surface area contributed by atoms with Gasteiger partial charge >= 0.3 is 0 Å². The van der Waals surface area contributed by atoms with Crippen LogP contribution in [0, 0.1) is 0 Å². The molecular weight excluding hydrogens is 362 g/mol. The molecule has 1 aliphatic carbocycles.